The van der Waals surface area contributed by atoms with E-state index in [4.69, 9.17) is 4.74 Å². The van der Waals surface area contributed by atoms with E-state index in [1.54, 1.807) is 13.8 Å². The van der Waals surface area contributed by atoms with Crippen molar-refractivity contribution >= 4 is 15.8 Å². The van der Waals surface area contributed by atoms with Gasteiger partial charge in [-0.15, -0.1) is 0 Å². The van der Waals surface area contributed by atoms with Gasteiger partial charge in [-0.25, -0.2) is 13.1 Å². The lowest BCUT2D eigenvalue weighted by Crippen LogP contribution is -2.27. The number of rotatable bonds is 7. The Bertz CT molecular complexity index is 520. The molecule has 0 saturated heterocycles. The molecule has 0 bridgehead atoms. The lowest BCUT2D eigenvalue weighted by atomic mass is 10.0. The van der Waals surface area contributed by atoms with Crippen LogP contribution in [0, 0.1) is 5.92 Å². The molecule has 0 aromatic heterocycles. The van der Waals surface area contributed by atoms with Gasteiger partial charge in [0.05, 0.1) is 11.5 Å². The van der Waals surface area contributed by atoms with Crippen molar-refractivity contribution in [3.05, 3.63) is 29.8 Å². The number of Topliss-reactive ketones (excluding diaryl/α,β-unsaturated/α-hetero) is 1. The molecule has 0 unspecified atom stereocenters. The van der Waals surface area contributed by atoms with Crippen LogP contribution >= 0.6 is 0 Å². The maximum atomic E-state index is 11.9. The first-order valence-electron chi connectivity index (χ1n) is 6.01. The van der Waals surface area contributed by atoms with Gasteiger partial charge in [0.15, 0.2) is 5.78 Å². The summed E-state index contributed by atoms with van der Waals surface area (Å²) in [5.74, 6) is -0.112. The van der Waals surface area contributed by atoms with Gasteiger partial charge in [-0.2, -0.15) is 0 Å². The molecule has 1 aromatic rings. The van der Waals surface area contributed by atoms with Gasteiger partial charge < -0.3 is 4.74 Å². The number of methoxy groups -OCH3 is 1. The molecule has 19 heavy (non-hydrogen) atoms. The van der Waals surface area contributed by atoms with Crippen molar-refractivity contribution in [3.8, 4) is 0 Å². The van der Waals surface area contributed by atoms with Crippen molar-refractivity contribution in [2.24, 2.45) is 5.92 Å². The molecule has 0 heterocycles. The minimum atomic E-state index is -3.54. The zero-order valence-corrected chi connectivity index (χ0v) is 12.2. The first kappa shape index (κ1) is 15.8. The SMILES string of the molecule is COCCNS(=O)(=O)c1ccc(C(=O)C(C)C)cc1. The fraction of sp³-hybridized carbons (Fsp3) is 0.462. The van der Waals surface area contributed by atoms with Crippen molar-refractivity contribution in [1.82, 2.24) is 4.72 Å². The Hall–Kier alpha value is -1.24. The van der Waals surface area contributed by atoms with Crippen LogP contribution in [0.4, 0.5) is 0 Å². The summed E-state index contributed by atoms with van der Waals surface area (Å²) in [6, 6.07) is 5.94. The van der Waals surface area contributed by atoms with Crippen molar-refractivity contribution in [1.29, 1.82) is 0 Å². The minimum Gasteiger partial charge on any atom is -0.383 e. The first-order valence-corrected chi connectivity index (χ1v) is 7.49. The van der Waals surface area contributed by atoms with E-state index in [2.05, 4.69) is 4.72 Å². The van der Waals surface area contributed by atoms with Crippen LogP contribution in [0.5, 0.6) is 0 Å². The van der Waals surface area contributed by atoms with Crippen LogP contribution in [-0.2, 0) is 14.8 Å². The third-order valence-electron chi connectivity index (χ3n) is 2.57. The van der Waals surface area contributed by atoms with E-state index < -0.39 is 10.0 Å². The molecule has 0 aliphatic rings. The second kappa shape index (κ2) is 6.79. The molecule has 1 rings (SSSR count). The van der Waals surface area contributed by atoms with Crippen molar-refractivity contribution in [2.45, 2.75) is 18.7 Å². The second-order valence-corrected chi connectivity index (χ2v) is 6.20. The highest BCUT2D eigenvalue weighted by atomic mass is 32.2. The number of ether oxygens (including phenoxy) is 1. The summed E-state index contributed by atoms with van der Waals surface area (Å²) in [6.07, 6.45) is 0. The molecule has 0 radical (unpaired) electrons. The molecule has 0 amide bonds. The van der Waals surface area contributed by atoms with E-state index in [0.717, 1.165) is 0 Å². The van der Waals surface area contributed by atoms with Gasteiger partial charge in [0.25, 0.3) is 0 Å². The van der Waals surface area contributed by atoms with Crippen molar-refractivity contribution in [2.75, 3.05) is 20.3 Å². The maximum Gasteiger partial charge on any atom is 0.240 e. The average molecular weight is 285 g/mol. The number of benzene rings is 1. The largest absolute Gasteiger partial charge is 0.383 e. The summed E-state index contributed by atoms with van der Waals surface area (Å²) in [4.78, 5) is 11.9. The summed E-state index contributed by atoms with van der Waals surface area (Å²) in [5, 5.41) is 0. The third-order valence-corrected chi connectivity index (χ3v) is 4.05. The topological polar surface area (TPSA) is 72.5 Å². The fourth-order valence-electron chi connectivity index (χ4n) is 1.49. The molecule has 0 aliphatic heterocycles. The number of sulfonamides is 1. The molecule has 6 heteroatoms. The Morgan fingerprint density at radius 2 is 1.84 bits per heavy atom. The number of carbonyl (C=O) groups excluding carboxylic acids is 1. The fourth-order valence-corrected chi connectivity index (χ4v) is 2.51. The second-order valence-electron chi connectivity index (χ2n) is 4.43. The van der Waals surface area contributed by atoms with E-state index >= 15 is 0 Å². The number of hydrogen-bond acceptors (Lipinski definition) is 4. The van der Waals surface area contributed by atoms with Gasteiger partial charge in [0.1, 0.15) is 0 Å². The van der Waals surface area contributed by atoms with E-state index in [9.17, 15) is 13.2 Å². The zero-order valence-electron chi connectivity index (χ0n) is 11.3. The standard InChI is InChI=1S/C13H19NO4S/c1-10(2)13(15)11-4-6-12(7-5-11)19(16,17)14-8-9-18-3/h4-7,10,14H,8-9H2,1-3H3. The Kier molecular flexibility index (Phi) is 5.65. The highest BCUT2D eigenvalue weighted by molar-refractivity contribution is 7.89. The number of hydrogen-bond donors (Lipinski definition) is 1. The van der Waals surface area contributed by atoms with Crippen LogP contribution in [0.1, 0.15) is 24.2 Å². The van der Waals surface area contributed by atoms with Crippen molar-refractivity contribution < 1.29 is 17.9 Å². The molecular weight excluding hydrogens is 266 g/mol. The van der Waals surface area contributed by atoms with E-state index in [0.29, 0.717) is 12.2 Å². The number of ketones is 1. The number of carbonyl (C=O) groups is 1. The lowest BCUT2D eigenvalue weighted by Gasteiger charge is -2.08. The van der Waals surface area contributed by atoms with Gasteiger partial charge >= 0.3 is 0 Å². The van der Waals surface area contributed by atoms with Crippen molar-refractivity contribution in [3.63, 3.8) is 0 Å². The molecular formula is C13H19NO4S. The van der Waals surface area contributed by atoms with E-state index in [-0.39, 0.29) is 23.1 Å². The number of nitrogens with one attached hydrogen (secondary N) is 1. The Morgan fingerprint density at radius 1 is 1.26 bits per heavy atom. The van der Waals surface area contributed by atoms with Crippen LogP contribution in [0.25, 0.3) is 0 Å². The Labute approximate surface area is 114 Å². The molecule has 0 spiro atoms. The summed E-state index contributed by atoms with van der Waals surface area (Å²) >= 11 is 0. The molecule has 106 valence electrons. The zero-order chi connectivity index (χ0) is 14.5. The first-order chi connectivity index (χ1) is 8.88. The lowest BCUT2D eigenvalue weighted by molar-refractivity contribution is 0.0939. The van der Waals surface area contributed by atoms with Gasteiger partial charge in [0.2, 0.25) is 10.0 Å². The van der Waals surface area contributed by atoms with Gasteiger partial charge in [-0.05, 0) is 12.1 Å². The molecule has 0 fully saturated rings. The summed E-state index contributed by atoms with van der Waals surface area (Å²) < 4.78 is 30.9. The van der Waals surface area contributed by atoms with Crippen LogP contribution in [0.2, 0.25) is 0 Å². The summed E-state index contributed by atoms with van der Waals surface area (Å²) in [5.41, 5.74) is 0.519. The Balaban J connectivity index is 2.84. The highest BCUT2D eigenvalue weighted by Crippen LogP contribution is 2.13. The van der Waals surface area contributed by atoms with E-state index in [1.165, 1.54) is 31.4 Å². The summed E-state index contributed by atoms with van der Waals surface area (Å²) in [6.45, 7) is 4.13. The molecule has 0 aliphatic carbocycles. The van der Waals surface area contributed by atoms with Crippen LogP contribution in [-0.4, -0.2) is 34.5 Å². The quantitative estimate of drug-likeness (QED) is 0.608. The van der Waals surface area contributed by atoms with Crippen LogP contribution < -0.4 is 4.72 Å². The maximum absolute atomic E-state index is 11.9. The summed E-state index contributed by atoms with van der Waals surface area (Å²) in [7, 11) is -2.04. The molecule has 0 saturated carbocycles. The normalized spacial score (nSPS) is 11.8. The Morgan fingerprint density at radius 3 is 2.32 bits per heavy atom. The van der Waals surface area contributed by atoms with Crippen LogP contribution in [0.15, 0.2) is 29.2 Å². The van der Waals surface area contributed by atoms with Gasteiger partial charge in [-0.1, -0.05) is 26.0 Å². The van der Waals surface area contributed by atoms with Gasteiger partial charge in [-0.3, -0.25) is 4.79 Å². The minimum absolute atomic E-state index is 0.00344. The molecule has 1 aromatic carbocycles. The predicted molar refractivity (Wildman–Crippen MR) is 72.7 cm³/mol. The van der Waals surface area contributed by atoms with Gasteiger partial charge in [0, 0.05) is 25.1 Å². The van der Waals surface area contributed by atoms with E-state index in [1.807, 2.05) is 0 Å². The molecule has 1 N–H and O–H groups in total. The monoisotopic (exact) mass is 285 g/mol. The highest BCUT2D eigenvalue weighted by Gasteiger charge is 2.15. The van der Waals surface area contributed by atoms with Crippen LogP contribution in [0.3, 0.4) is 0 Å². The molecule has 0 atom stereocenters. The molecule has 5 nitrogen and oxygen atoms in total. The average Bonchev–Trinajstić information content (AvgIpc) is 2.38. The predicted octanol–water partition coefficient (Wildman–Crippen LogP) is 1.45. The smallest absolute Gasteiger partial charge is 0.240 e. The third kappa shape index (κ3) is 4.41.